The predicted molar refractivity (Wildman–Crippen MR) is 76.7 cm³/mol. The molecule has 108 valence electrons. The Balaban J connectivity index is 2.82. The predicted octanol–water partition coefficient (Wildman–Crippen LogP) is 2.09. The van der Waals surface area contributed by atoms with Gasteiger partial charge in [0, 0.05) is 20.2 Å². The first-order valence-corrected chi connectivity index (χ1v) is 7.98. The van der Waals surface area contributed by atoms with Gasteiger partial charge in [-0.1, -0.05) is 12.1 Å². The number of aliphatic hydroxyl groups is 1. The van der Waals surface area contributed by atoms with E-state index in [0.29, 0.717) is 11.4 Å². The van der Waals surface area contributed by atoms with Crippen LogP contribution in [0.2, 0.25) is 0 Å². The van der Waals surface area contributed by atoms with Crippen LogP contribution in [0.4, 0.5) is 0 Å². The topological polar surface area (TPSA) is 57.6 Å². The maximum Gasteiger partial charge on any atom is 0.243 e. The highest BCUT2D eigenvalue weighted by atomic mass is 32.2. The minimum atomic E-state index is -3.41. The lowest BCUT2D eigenvalue weighted by Crippen LogP contribution is -2.28. The van der Waals surface area contributed by atoms with Crippen molar-refractivity contribution in [3.8, 4) is 0 Å². The van der Waals surface area contributed by atoms with Crippen LogP contribution in [0.3, 0.4) is 0 Å². The van der Waals surface area contributed by atoms with Crippen molar-refractivity contribution < 1.29 is 13.5 Å². The van der Waals surface area contributed by atoms with Gasteiger partial charge in [0.15, 0.2) is 0 Å². The molecular weight excluding hydrogens is 262 g/mol. The van der Waals surface area contributed by atoms with Gasteiger partial charge >= 0.3 is 0 Å². The average Bonchev–Trinajstić information content (AvgIpc) is 2.37. The van der Waals surface area contributed by atoms with Crippen LogP contribution in [0.15, 0.2) is 23.1 Å². The molecule has 0 radical (unpaired) electrons. The van der Waals surface area contributed by atoms with E-state index in [1.54, 1.807) is 13.1 Å². The molecule has 0 saturated heterocycles. The van der Waals surface area contributed by atoms with Gasteiger partial charge in [-0.05, 0) is 50.3 Å². The lowest BCUT2D eigenvalue weighted by molar-refractivity contribution is 0.281. The van der Waals surface area contributed by atoms with Crippen molar-refractivity contribution in [2.75, 3.05) is 20.2 Å². The molecule has 0 atom stereocenters. The fourth-order valence-electron chi connectivity index (χ4n) is 1.90. The molecular formula is C14H23NO3S. The zero-order valence-electron chi connectivity index (χ0n) is 11.9. The van der Waals surface area contributed by atoms with Gasteiger partial charge < -0.3 is 5.11 Å². The minimum Gasteiger partial charge on any atom is -0.396 e. The second-order valence-corrected chi connectivity index (χ2v) is 6.89. The zero-order chi connectivity index (χ0) is 14.5. The van der Waals surface area contributed by atoms with E-state index in [4.69, 9.17) is 5.11 Å². The number of unbranched alkanes of at least 4 members (excludes halogenated alkanes) is 2. The number of sulfonamides is 1. The fraction of sp³-hybridized carbons (Fsp3) is 0.571. The van der Waals surface area contributed by atoms with Crippen LogP contribution in [-0.4, -0.2) is 38.0 Å². The summed E-state index contributed by atoms with van der Waals surface area (Å²) in [5.41, 5.74) is 1.71. The third-order valence-electron chi connectivity index (χ3n) is 3.16. The molecule has 0 spiro atoms. The summed E-state index contributed by atoms with van der Waals surface area (Å²) >= 11 is 0. The molecule has 0 aliphatic carbocycles. The molecule has 0 fully saturated rings. The highest BCUT2D eigenvalue weighted by molar-refractivity contribution is 7.89. The van der Waals surface area contributed by atoms with Gasteiger partial charge in [-0.3, -0.25) is 0 Å². The van der Waals surface area contributed by atoms with Crippen molar-refractivity contribution in [3.63, 3.8) is 0 Å². The summed E-state index contributed by atoms with van der Waals surface area (Å²) in [5.74, 6) is 0. The zero-order valence-corrected chi connectivity index (χ0v) is 12.7. The van der Waals surface area contributed by atoms with E-state index in [0.717, 1.165) is 30.4 Å². The maximum atomic E-state index is 12.4. The van der Waals surface area contributed by atoms with E-state index >= 15 is 0 Å². The number of nitrogens with zero attached hydrogens (tertiary/aromatic N) is 1. The molecule has 19 heavy (non-hydrogen) atoms. The fourth-order valence-corrected chi connectivity index (χ4v) is 3.41. The normalized spacial score (nSPS) is 12.1. The first kappa shape index (κ1) is 16.1. The summed E-state index contributed by atoms with van der Waals surface area (Å²) in [6.07, 6.45) is 2.32. The number of hydrogen-bond acceptors (Lipinski definition) is 3. The standard InChI is InChI=1S/C14H23NO3S/c1-12-7-8-13(2)14(11-12)19(17,18)15(3)9-5-4-6-10-16/h7-8,11,16H,4-6,9-10H2,1-3H3. The molecule has 0 aliphatic rings. The van der Waals surface area contributed by atoms with Gasteiger partial charge in [0.05, 0.1) is 4.90 Å². The summed E-state index contributed by atoms with van der Waals surface area (Å²) in [6, 6.07) is 5.46. The third kappa shape index (κ3) is 4.30. The van der Waals surface area contributed by atoms with Crippen LogP contribution >= 0.6 is 0 Å². The summed E-state index contributed by atoms with van der Waals surface area (Å²) in [4.78, 5) is 0.386. The Morgan fingerprint density at radius 1 is 1.16 bits per heavy atom. The summed E-state index contributed by atoms with van der Waals surface area (Å²) in [5, 5.41) is 8.70. The largest absolute Gasteiger partial charge is 0.396 e. The van der Waals surface area contributed by atoms with E-state index < -0.39 is 10.0 Å². The van der Waals surface area contributed by atoms with Crippen molar-refractivity contribution in [2.24, 2.45) is 0 Å². The van der Waals surface area contributed by atoms with Crippen molar-refractivity contribution in [3.05, 3.63) is 29.3 Å². The molecule has 0 aromatic heterocycles. The number of rotatable bonds is 7. The minimum absolute atomic E-state index is 0.160. The number of hydrogen-bond donors (Lipinski definition) is 1. The second kappa shape index (κ2) is 7.03. The van der Waals surface area contributed by atoms with Crippen molar-refractivity contribution in [1.29, 1.82) is 0 Å². The number of benzene rings is 1. The SMILES string of the molecule is Cc1ccc(C)c(S(=O)(=O)N(C)CCCCCO)c1. The molecule has 0 saturated carbocycles. The van der Waals surface area contributed by atoms with Gasteiger partial charge in [-0.15, -0.1) is 0 Å². The monoisotopic (exact) mass is 285 g/mol. The molecule has 1 aromatic carbocycles. The van der Waals surface area contributed by atoms with Crippen molar-refractivity contribution >= 4 is 10.0 Å². The van der Waals surface area contributed by atoms with Crippen molar-refractivity contribution in [1.82, 2.24) is 4.31 Å². The lowest BCUT2D eigenvalue weighted by atomic mass is 10.2. The molecule has 0 amide bonds. The molecule has 4 nitrogen and oxygen atoms in total. The average molecular weight is 285 g/mol. The van der Waals surface area contributed by atoms with E-state index in [9.17, 15) is 8.42 Å². The van der Waals surface area contributed by atoms with Crippen LogP contribution in [0.1, 0.15) is 30.4 Å². The Hall–Kier alpha value is -0.910. The third-order valence-corrected chi connectivity index (χ3v) is 5.16. The quantitative estimate of drug-likeness (QED) is 0.780. The Kier molecular flexibility index (Phi) is 5.97. The maximum absolute atomic E-state index is 12.4. The van der Waals surface area contributed by atoms with E-state index in [-0.39, 0.29) is 6.61 Å². The van der Waals surface area contributed by atoms with Crippen LogP contribution < -0.4 is 0 Å². The number of aliphatic hydroxyl groups excluding tert-OH is 1. The van der Waals surface area contributed by atoms with Crippen LogP contribution in [0, 0.1) is 13.8 Å². The Labute approximate surface area is 116 Å². The van der Waals surface area contributed by atoms with Gasteiger partial charge in [-0.2, -0.15) is 0 Å². The molecule has 1 N–H and O–H groups in total. The molecule has 0 unspecified atom stereocenters. The lowest BCUT2D eigenvalue weighted by Gasteiger charge is -2.18. The molecule has 0 bridgehead atoms. The van der Waals surface area contributed by atoms with Crippen LogP contribution in [0.25, 0.3) is 0 Å². The smallest absolute Gasteiger partial charge is 0.243 e. The van der Waals surface area contributed by atoms with Gasteiger partial charge in [0.2, 0.25) is 10.0 Å². The van der Waals surface area contributed by atoms with Crippen LogP contribution in [-0.2, 0) is 10.0 Å². The molecule has 1 aromatic rings. The highest BCUT2D eigenvalue weighted by Gasteiger charge is 2.22. The molecule has 0 aliphatic heterocycles. The molecule has 5 heteroatoms. The van der Waals surface area contributed by atoms with Crippen LogP contribution in [0.5, 0.6) is 0 Å². The first-order valence-electron chi connectivity index (χ1n) is 6.54. The molecule has 1 rings (SSSR count). The van der Waals surface area contributed by atoms with E-state index in [1.807, 2.05) is 26.0 Å². The highest BCUT2D eigenvalue weighted by Crippen LogP contribution is 2.20. The Morgan fingerprint density at radius 3 is 2.47 bits per heavy atom. The van der Waals surface area contributed by atoms with E-state index in [1.165, 1.54) is 4.31 Å². The summed E-state index contributed by atoms with van der Waals surface area (Å²) in [7, 11) is -1.80. The summed E-state index contributed by atoms with van der Waals surface area (Å²) in [6.45, 7) is 4.34. The summed E-state index contributed by atoms with van der Waals surface area (Å²) < 4.78 is 26.3. The van der Waals surface area contributed by atoms with Gasteiger partial charge in [-0.25, -0.2) is 12.7 Å². The van der Waals surface area contributed by atoms with Gasteiger partial charge in [0.1, 0.15) is 0 Å². The van der Waals surface area contributed by atoms with E-state index in [2.05, 4.69) is 0 Å². The Morgan fingerprint density at radius 2 is 1.84 bits per heavy atom. The van der Waals surface area contributed by atoms with Gasteiger partial charge in [0.25, 0.3) is 0 Å². The molecule has 0 heterocycles. The second-order valence-electron chi connectivity index (χ2n) is 4.88. The Bertz CT molecular complexity index is 511. The van der Waals surface area contributed by atoms with Crippen molar-refractivity contribution in [2.45, 2.75) is 38.0 Å². The number of aryl methyl sites for hydroxylation is 2. The first-order chi connectivity index (χ1) is 8.89.